The fourth-order valence-corrected chi connectivity index (χ4v) is 2.20. The molecule has 0 saturated carbocycles. The Morgan fingerprint density at radius 1 is 1.30 bits per heavy atom. The van der Waals surface area contributed by atoms with Gasteiger partial charge in [-0.05, 0) is 43.5 Å². The second-order valence-electron chi connectivity index (χ2n) is 6.33. The number of nitrogens with one attached hydrogen (secondary N) is 1. The first-order valence-corrected chi connectivity index (χ1v) is 8.38. The zero-order valence-corrected chi connectivity index (χ0v) is 15.3. The lowest BCUT2D eigenvalue weighted by molar-refractivity contribution is 0.0488. The van der Waals surface area contributed by atoms with Gasteiger partial charge >= 0.3 is 5.97 Å². The third kappa shape index (κ3) is 5.01. The van der Waals surface area contributed by atoms with Crippen molar-refractivity contribution in [2.24, 2.45) is 16.1 Å². The highest BCUT2D eigenvalue weighted by Crippen LogP contribution is 2.24. The highest BCUT2D eigenvalue weighted by molar-refractivity contribution is 5.89. The molecule has 1 aromatic heterocycles. The van der Waals surface area contributed by atoms with Crippen molar-refractivity contribution in [1.29, 1.82) is 5.26 Å². The molecule has 0 spiro atoms. The standard InChI is InChI=1S/C19H20N4O4/c1-11(2)8-9-27-19(26)13-4-6-14(7-5-13)22-23-16-12(3)15(10-20)17(24)21-18(16)25/h4-7,11H,8-9H2,1-3H3,(H2,21,24,25). The molecule has 0 atom stereocenters. The van der Waals surface area contributed by atoms with E-state index in [1.165, 1.54) is 6.92 Å². The number of H-pyrrole nitrogens is 1. The number of nitriles is 1. The van der Waals surface area contributed by atoms with E-state index >= 15 is 0 Å². The maximum atomic E-state index is 11.9. The number of hydrogen-bond donors (Lipinski definition) is 2. The number of azo groups is 1. The van der Waals surface area contributed by atoms with Gasteiger partial charge in [0.25, 0.3) is 5.56 Å². The predicted molar refractivity (Wildman–Crippen MR) is 98.5 cm³/mol. The Morgan fingerprint density at radius 3 is 2.56 bits per heavy atom. The van der Waals surface area contributed by atoms with Crippen LogP contribution in [0.15, 0.2) is 39.3 Å². The largest absolute Gasteiger partial charge is 0.494 e. The van der Waals surface area contributed by atoms with E-state index in [0.29, 0.717) is 23.8 Å². The van der Waals surface area contributed by atoms with Crippen LogP contribution in [0.25, 0.3) is 0 Å². The molecule has 0 unspecified atom stereocenters. The average molecular weight is 368 g/mol. The second-order valence-corrected chi connectivity index (χ2v) is 6.33. The molecule has 0 bridgehead atoms. The minimum absolute atomic E-state index is 0.0666. The number of rotatable bonds is 6. The van der Waals surface area contributed by atoms with Crippen LogP contribution in [0.4, 0.5) is 11.4 Å². The van der Waals surface area contributed by atoms with E-state index in [1.54, 1.807) is 30.3 Å². The summed E-state index contributed by atoms with van der Waals surface area (Å²) in [5, 5.41) is 26.4. The number of ether oxygens (including phenoxy) is 1. The van der Waals surface area contributed by atoms with E-state index in [0.717, 1.165) is 6.42 Å². The first-order chi connectivity index (χ1) is 12.8. The molecule has 140 valence electrons. The van der Waals surface area contributed by atoms with Crippen molar-refractivity contribution in [3.05, 3.63) is 51.3 Å². The van der Waals surface area contributed by atoms with Gasteiger partial charge in [0.1, 0.15) is 11.6 Å². The Hall–Kier alpha value is -3.47. The molecule has 0 radical (unpaired) electrons. The van der Waals surface area contributed by atoms with Crippen LogP contribution >= 0.6 is 0 Å². The minimum atomic E-state index is -0.655. The van der Waals surface area contributed by atoms with Crippen LogP contribution in [-0.4, -0.2) is 22.7 Å². The Bertz CT molecular complexity index is 953. The van der Waals surface area contributed by atoms with E-state index in [9.17, 15) is 14.7 Å². The molecule has 8 nitrogen and oxygen atoms in total. The summed E-state index contributed by atoms with van der Waals surface area (Å²) >= 11 is 0. The van der Waals surface area contributed by atoms with Gasteiger partial charge in [0, 0.05) is 5.56 Å². The second kappa shape index (κ2) is 8.76. The van der Waals surface area contributed by atoms with Crippen molar-refractivity contribution in [2.75, 3.05) is 6.61 Å². The summed E-state index contributed by atoms with van der Waals surface area (Å²) in [5.74, 6) is -0.462. The molecule has 0 aliphatic carbocycles. The summed E-state index contributed by atoms with van der Waals surface area (Å²) in [5.41, 5.74) is 0.248. The van der Waals surface area contributed by atoms with Crippen LogP contribution in [0, 0.1) is 24.2 Å². The molecule has 1 aromatic carbocycles. The van der Waals surface area contributed by atoms with E-state index in [4.69, 9.17) is 10.00 Å². The summed E-state index contributed by atoms with van der Waals surface area (Å²) in [4.78, 5) is 26.0. The van der Waals surface area contributed by atoms with E-state index in [1.807, 2.05) is 13.8 Å². The zero-order chi connectivity index (χ0) is 20.0. The molecule has 2 N–H and O–H groups in total. The van der Waals surface area contributed by atoms with Gasteiger partial charge in [-0.25, -0.2) is 4.79 Å². The zero-order valence-electron chi connectivity index (χ0n) is 15.3. The fraction of sp³-hybridized carbons (Fsp3) is 0.316. The quantitative estimate of drug-likeness (QED) is 0.590. The third-order valence-corrected chi connectivity index (χ3v) is 3.82. The van der Waals surface area contributed by atoms with Crippen LogP contribution in [0.1, 0.15) is 41.8 Å². The Balaban J connectivity index is 2.14. The molecule has 2 aromatic rings. The maximum Gasteiger partial charge on any atom is 0.338 e. The van der Waals surface area contributed by atoms with Crippen molar-refractivity contribution in [3.63, 3.8) is 0 Å². The molecular formula is C19H20N4O4. The Kier molecular flexibility index (Phi) is 6.44. The van der Waals surface area contributed by atoms with E-state index < -0.39 is 17.4 Å². The summed E-state index contributed by atoms with van der Waals surface area (Å²) < 4.78 is 5.18. The van der Waals surface area contributed by atoms with E-state index in [-0.39, 0.29) is 16.8 Å². The fourth-order valence-electron chi connectivity index (χ4n) is 2.20. The highest BCUT2D eigenvalue weighted by atomic mass is 16.5. The van der Waals surface area contributed by atoms with Crippen LogP contribution < -0.4 is 5.56 Å². The minimum Gasteiger partial charge on any atom is -0.494 e. The molecule has 2 rings (SSSR count). The summed E-state index contributed by atoms with van der Waals surface area (Å²) in [6.07, 6.45) is 0.795. The number of hydrogen-bond acceptors (Lipinski definition) is 7. The topological polar surface area (TPSA) is 128 Å². The number of aromatic nitrogens is 1. The third-order valence-electron chi connectivity index (χ3n) is 3.82. The number of carbonyl (C=O) groups is 1. The molecule has 1 heterocycles. The van der Waals surface area contributed by atoms with Gasteiger partial charge in [0.15, 0.2) is 5.69 Å². The number of aromatic hydroxyl groups is 1. The van der Waals surface area contributed by atoms with Gasteiger partial charge in [-0.15, -0.1) is 5.11 Å². The average Bonchev–Trinajstić information content (AvgIpc) is 2.61. The number of carbonyl (C=O) groups excluding carboxylic acids is 1. The van der Waals surface area contributed by atoms with Gasteiger partial charge < -0.3 is 9.84 Å². The molecule has 0 aliphatic heterocycles. The van der Waals surface area contributed by atoms with Crippen LogP contribution in [0.5, 0.6) is 5.88 Å². The molecule has 0 amide bonds. The van der Waals surface area contributed by atoms with Crippen molar-refractivity contribution in [2.45, 2.75) is 27.2 Å². The summed E-state index contributed by atoms with van der Waals surface area (Å²) in [7, 11) is 0. The first kappa shape index (κ1) is 19.8. The molecule has 27 heavy (non-hydrogen) atoms. The predicted octanol–water partition coefficient (Wildman–Crippen LogP) is 3.88. The maximum absolute atomic E-state index is 11.9. The van der Waals surface area contributed by atoms with Gasteiger partial charge in [0.2, 0.25) is 5.88 Å². The SMILES string of the molecule is Cc1c(C#N)c(O)[nH]c(=O)c1N=Nc1ccc(C(=O)OCCC(C)C)cc1. The van der Waals surface area contributed by atoms with Crippen LogP contribution in [0.2, 0.25) is 0 Å². The van der Waals surface area contributed by atoms with Gasteiger partial charge in [-0.1, -0.05) is 13.8 Å². The number of aromatic amines is 1. The summed E-state index contributed by atoms with van der Waals surface area (Å²) in [6.45, 7) is 5.96. The molecule has 0 aliphatic rings. The Morgan fingerprint density at radius 2 is 1.96 bits per heavy atom. The molecule has 0 fully saturated rings. The lowest BCUT2D eigenvalue weighted by Gasteiger charge is -2.06. The summed E-state index contributed by atoms with van der Waals surface area (Å²) in [6, 6.07) is 8.05. The molecule has 0 saturated heterocycles. The highest BCUT2D eigenvalue weighted by Gasteiger charge is 2.13. The first-order valence-electron chi connectivity index (χ1n) is 8.38. The number of benzene rings is 1. The number of esters is 1. The van der Waals surface area contributed by atoms with Crippen molar-refractivity contribution in [1.82, 2.24) is 4.98 Å². The number of nitrogens with zero attached hydrogens (tertiary/aromatic N) is 3. The monoisotopic (exact) mass is 368 g/mol. The van der Waals surface area contributed by atoms with Gasteiger partial charge in [-0.3, -0.25) is 9.78 Å². The van der Waals surface area contributed by atoms with E-state index in [2.05, 4.69) is 15.2 Å². The molecular weight excluding hydrogens is 348 g/mol. The Labute approximate surface area is 156 Å². The van der Waals surface area contributed by atoms with Crippen molar-refractivity contribution >= 4 is 17.3 Å². The lowest BCUT2D eigenvalue weighted by atomic mass is 10.1. The normalized spacial score (nSPS) is 10.9. The van der Waals surface area contributed by atoms with Crippen molar-refractivity contribution in [3.8, 4) is 11.9 Å². The smallest absolute Gasteiger partial charge is 0.338 e. The number of pyridine rings is 1. The van der Waals surface area contributed by atoms with Gasteiger partial charge in [0.05, 0.1) is 17.9 Å². The lowest BCUT2D eigenvalue weighted by Crippen LogP contribution is -2.08. The van der Waals surface area contributed by atoms with Gasteiger partial charge in [-0.2, -0.15) is 10.4 Å². The van der Waals surface area contributed by atoms with Crippen molar-refractivity contribution < 1.29 is 14.6 Å². The molecule has 8 heteroatoms. The van der Waals surface area contributed by atoms with Crippen LogP contribution in [-0.2, 0) is 4.74 Å². The van der Waals surface area contributed by atoms with Crippen LogP contribution in [0.3, 0.4) is 0 Å².